The summed E-state index contributed by atoms with van der Waals surface area (Å²) in [5.41, 5.74) is 0. The van der Waals surface area contributed by atoms with Crippen LogP contribution in [-0.4, -0.2) is 82.7 Å². The van der Waals surface area contributed by atoms with Crippen LogP contribution in [0.4, 0.5) is 0 Å². The third-order valence-corrected chi connectivity index (χ3v) is 2.72. The van der Waals surface area contributed by atoms with Gasteiger partial charge < -0.3 is 20.4 Å². The van der Waals surface area contributed by atoms with Crippen LogP contribution >= 0.6 is 0 Å². The molecule has 0 saturated carbocycles. The van der Waals surface area contributed by atoms with E-state index in [-0.39, 0.29) is 0 Å². The first-order valence-corrected chi connectivity index (χ1v) is 6.14. The summed E-state index contributed by atoms with van der Waals surface area (Å²) in [6.45, 7) is -2.27. The Hall–Kier alpha value is -0.290. The van der Waals surface area contributed by atoms with Gasteiger partial charge >= 0.3 is 0 Å². The molecule has 0 unspecified atom stereocenters. The number of nitrogens with zero attached hydrogens (tertiary/aromatic N) is 1. The summed E-state index contributed by atoms with van der Waals surface area (Å²) in [6.07, 6.45) is 0. The van der Waals surface area contributed by atoms with Crippen molar-refractivity contribution in [2.45, 2.75) is 12.1 Å². The molecule has 0 aromatic carbocycles. The average molecular weight is 259 g/mol. The van der Waals surface area contributed by atoms with Gasteiger partial charge in [-0.05, 0) is 0 Å². The lowest BCUT2D eigenvalue weighted by Gasteiger charge is -2.33. The van der Waals surface area contributed by atoms with Crippen LogP contribution < -0.4 is 0 Å². The fourth-order valence-electron chi connectivity index (χ4n) is 1.23. The summed E-state index contributed by atoms with van der Waals surface area (Å²) >= 11 is 0. The Morgan fingerprint density at radius 3 is 1.38 bits per heavy atom. The molecule has 8 nitrogen and oxygen atoms in total. The largest absolute Gasteiger partial charge is 0.395 e. The van der Waals surface area contributed by atoms with Crippen molar-refractivity contribution in [1.82, 2.24) is 4.90 Å². The highest BCUT2D eigenvalue weighted by molar-refractivity contribution is 7.85. The SMILES string of the molecule is O=S(=O)(O)CN(C(CO)CO)C(CO)CO. The second-order valence-electron chi connectivity index (χ2n) is 3.26. The lowest BCUT2D eigenvalue weighted by molar-refractivity contribution is 0.0128. The van der Waals surface area contributed by atoms with Gasteiger partial charge in [0.05, 0.1) is 38.5 Å². The Labute approximate surface area is 93.5 Å². The molecule has 0 bridgehead atoms. The predicted molar refractivity (Wildman–Crippen MR) is 54.2 cm³/mol. The Kier molecular flexibility index (Phi) is 6.99. The number of hydrogen-bond acceptors (Lipinski definition) is 7. The summed E-state index contributed by atoms with van der Waals surface area (Å²) < 4.78 is 30.1. The number of rotatable bonds is 8. The van der Waals surface area contributed by atoms with Gasteiger partial charge in [-0.15, -0.1) is 0 Å². The highest BCUT2D eigenvalue weighted by Crippen LogP contribution is 2.07. The van der Waals surface area contributed by atoms with E-state index < -0.39 is 54.5 Å². The maximum absolute atomic E-state index is 10.7. The molecule has 0 aromatic rings. The second kappa shape index (κ2) is 7.12. The number of hydrogen-bond donors (Lipinski definition) is 5. The summed E-state index contributed by atoms with van der Waals surface area (Å²) in [5.74, 6) is -0.884. The van der Waals surface area contributed by atoms with Crippen LogP contribution in [0.3, 0.4) is 0 Å². The van der Waals surface area contributed by atoms with Gasteiger partial charge in [0.1, 0.15) is 5.88 Å². The minimum Gasteiger partial charge on any atom is -0.395 e. The highest BCUT2D eigenvalue weighted by Gasteiger charge is 2.28. The first kappa shape index (κ1) is 15.7. The van der Waals surface area contributed by atoms with Gasteiger partial charge in [0, 0.05) is 0 Å². The van der Waals surface area contributed by atoms with Gasteiger partial charge in [-0.1, -0.05) is 0 Å². The van der Waals surface area contributed by atoms with E-state index in [1.165, 1.54) is 0 Å². The quantitative estimate of drug-likeness (QED) is 0.288. The molecule has 0 aliphatic heterocycles. The smallest absolute Gasteiger partial charge is 0.278 e. The van der Waals surface area contributed by atoms with E-state index in [0.717, 1.165) is 4.90 Å². The van der Waals surface area contributed by atoms with E-state index in [9.17, 15) is 8.42 Å². The average Bonchev–Trinajstić information content (AvgIpc) is 2.19. The Morgan fingerprint density at radius 1 is 0.875 bits per heavy atom. The van der Waals surface area contributed by atoms with Crippen LogP contribution in [0.1, 0.15) is 0 Å². The predicted octanol–water partition coefficient (Wildman–Crippen LogP) is -3.16. The molecule has 0 atom stereocenters. The summed E-state index contributed by atoms with van der Waals surface area (Å²) in [6, 6.07) is -1.96. The second-order valence-corrected chi connectivity index (χ2v) is 4.69. The standard InChI is InChI=1S/C7H17NO7S/c9-1-6(2-10)8(5-16(13,14)15)7(3-11)4-12/h6-7,9-12H,1-5H2,(H,13,14,15). The van der Waals surface area contributed by atoms with Crippen molar-refractivity contribution in [3.63, 3.8) is 0 Å². The van der Waals surface area contributed by atoms with Gasteiger partial charge in [0.15, 0.2) is 0 Å². The van der Waals surface area contributed by atoms with Crippen LogP contribution in [0.15, 0.2) is 0 Å². The molecular weight excluding hydrogens is 242 g/mol. The zero-order valence-corrected chi connectivity index (χ0v) is 9.41. The van der Waals surface area contributed by atoms with Crippen LogP contribution in [0.5, 0.6) is 0 Å². The minimum atomic E-state index is -4.37. The molecule has 16 heavy (non-hydrogen) atoms. The third-order valence-electron chi connectivity index (χ3n) is 2.09. The minimum absolute atomic E-state index is 0.567. The molecule has 0 rings (SSSR count). The number of aliphatic hydroxyl groups excluding tert-OH is 4. The topological polar surface area (TPSA) is 139 Å². The zero-order chi connectivity index (χ0) is 12.8. The van der Waals surface area contributed by atoms with Crippen molar-refractivity contribution in [2.75, 3.05) is 32.3 Å². The van der Waals surface area contributed by atoms with Crippen molar-refractivity contribution in [3.8, 4) is 0 Å². The molecule has 0 spiro atoms. The van der Waals surface area contributed by atoms with E-state index in [0.29, 0.717) is 0 Å². The summed E-state index contributed by atoms with van der Waals surface area (Å²) in [4.78, 5) is 0.926. The van der Waals surface area contributed by atoms with E-state index in [1.54, 1.807) is 0 Å². The molecular formula is C7H17NO7S. The van der Waals surface area contributed by atoms with Crippen molar-refractivity contribution in [3.05, 3.63) is 0 Å². The summed E-state index contributed by atoms with van der Waals surface area (Å²) in [5, 5.41) is 35.6. The molecule has 0 aliphatic carbocycles. The lowest BCUT2D eigenvalue weighted by Crippen LogP contribution is -2.52. The Balaban J connectivity index is 4.87. The Morgan fingerprint density at radius 2 is 1.19 bits per heavy atom. The van der Waals surface area contributed by atoms with Gasteiger partial charge in [-0.25, -0.2) is 0 Å². The van der Waals surface area contributed by atoms with Gasteiger partial charge in [-0.2, -0.15) is 8.42 Å². The van der Waals surface area contributed by atoms with E-state index in [1.807, 2.05) is 0 Å². The fraction of sp³-hybridized carbons (Fsp3) is 1.00. The fourth-order valence-corrected chi connectivity index (χ4v) is 2.03. The molecule has 0 aromatic heterocycles. The lowest BCUT2D eigenvalue weighted by atomic mass is 10.2. The first-order chi connectivity index (χ1) is 7.39. The van der Waals surface area contributed by atoms with Crippen LogP contribution in [-0.2, 0) is 10.1 Å². The van der Waals surface area contributed by atoms with Crippen molar-refractivity contribution in [1.29, 1.82) is 0 Å². The highest BCUT2D eigenvalue weighted by atomic mass is 32.2. The molecule has 5 N–H and O–H groups in total. The number of aliphatic hydroxyl groups is 4. The maximum Gasteiger partial charge on any atom is 0.278 e. The van der Waals surface area contributed by atoms with Gasteiger partial charge in [-0.3, -0.25) is 9.45 Å². The van der Waals surface area contributed by atoms with Crippen molar-refractivity contribution in [2.24, 2.45) is 0 Å². The molecule has 0 radical (unpaired) electrons. The maximum atomic E-state index is 10.7. The van der Waals surface area contributed by atoms with Crippen LogP contribution in [0, 0.1) is 0 Å². The third kappa shape index (κ3) is 5.16. The van der Waals surface area contributed by atoms with Crippen molar-refractivity contribution < 1.29 is 33.4 Å². The summed E-state index contributed by atoms with van der Waals surface area (Å²) in [7, 11) is -4.37. The molecule has 0 aliphatic rings. The van der Waals surface area contributed by atoms with E-state index in [2.05, 4.69) is 0 Å². The van der Waals surface area contributed by atoms with E-state index >= 15 is 0 Å². The zero-order valence-electron chi connectivity index (χ0n) is 8.60. The molecule has 0 saturated heterocycles. The normalized spacial score (nSPS) is 13.0. The molecule has 0 amide bonds. The van der Waals surface area contributed by atoms with Gasteiger partial charge in [0.2, 0.25) is 0 Å². The van der Waals surface area contributed by atoms with Gasteiger partial charge in [0.25, 0.3) is 10.1 Å². The molecule has 0 heterocycles. The molecule has 0 fully saturated rings. The molecule has 98 valence electrons. The van der Waals surface area contributed by atoms with Crippen LogP contribution in [0.2, 0.25) is 0 Å². The van der Waals surface area contributed by atoms with Crippen molar-refractivity contribution >= 4 is 10.1 Å². The van der Waals surface area contributed by atoms with Crippen LogP contribution in [0.25, 0.3) is 0 Å². The Bertz CT molecular complexity index is 260. The monoisotopic (exact) mass is 259 g/mol. The van der Waals surface area contributed by atoms with E-state index in [4.69, 9.17) is 25.0 Å². The molecule has 9 heteroatoms. The first-order valence-electron chi connectivity index (χ1n) is 4.54.